The fourth-order valence-electron chi connectivity index (χ4n) is 3.51. The van der Waals surface area contributed by atoms with E-state index >= 15 is 0 Å². The number of hydrogen-bond donors (Lipinski definition) is 0. The van der Waals surface area contributed by atoms with Crippen LogP contribution in [0.1, 0.15) is 28.7 Å². The van der Waals surface area contributed by atoms with Crippen molar-refractivity contribution in [2.75, 3.05) is 22.9 Å². The lowest BCUT2D eigenvalue weighted by Crippen LogP contribution is -2.31. The van der Waals surface area contributed by atoms with Crippen LogP contribution in [0, 0.1) is 6.92 Å². The monoisotopic (exact) mass is 391 g/mol. The fraction of sp³-hybridized carbons (Fsp3) is 0.227. The van der Waals surface area contributed by atoms with Crippen LogP contribution in [-0.2, 0) is 4.79 Å². The van der Waals surface area contributed by atoms with E-state index in [1.54, 1.807) is 16.7 Å². The summed E-state index contributed by atoms with van der Waals surface area (Å²) in [5, 5.41) is 0.843. The second-order valence-corrected chi connectivity index (χ2v) is 7.77. The van der Waals surface area contributed by atoms with Gasteiger partial charge in [-0.1, -0.05) is 42.5 Å². The number of carbonyl (C=O) groups excluding carboxylic acids is 2. The van der Waals surface area contributed by atoms with Gasteiger partial charge in [-0.3, -0.25) is 9.59 Å². The molecule has 0 unspecified atom stereocenters. The van der Waals surface area contributed by atoms with Gasteiger partial charge in [-0.05, 0) is 25.5 Å². The molecule has 5 nitrogen and oxygen atoms in total. The van der Waals surface area contributed by atoms with E-state index in [0.29, 0.717) is 18.0 Å². The van der Waals surface area contributed by atoms with Crippen molar-refractivity contribution >= 4 is 34.5 Å². The summed E-state index contributed by atoms with van der Waals surface area (Å²) in [4.78, 5) is 34.3. The minimum atomic E-state index is -0.0602. The Hall–Kier alpha value is -2.99. The first-order chi connectivity index (χ1) is 13.6. The maximum Gasteiger partial charge on any atom is 0.270 e. The molecule has 0 spiro atoms. The number of thiazole rings is 1. The molecule has 4 rings (SSSR count). The van der Waals surface area contributed by atoms with Crippen LogP contribution in [0.15, 0.2) is 54.6 Å². The number of para-hydroxylation sites is 2. The van der Waals surface area contributed by atoms with Gasteiger partial charge in [0.1, 0.15) is 9.88 Å². The van der Waals surface area contributed by atoms with Crippen molar-refractivity contribution in [3.05, 3.63) is 65.2 Å². The first-order valence-electron chi connectivity index (χ1n) is 9.28. The molecule has 0 fully saturated rings. The first-order valence-corrected chi connectivity index (χ1v) is 10.1. The largest absolute Gasteiger partial charge is 0.311 e. The molecule has 0 saturated carbocycles. The summed E-state index contributed by atoms with van der Waals surface area (Å²) in [6.45, 7) is 4.61. The number of aromatic nitrogens is 1. The molecular formula is C22H21N3O2S. The standard InChI is InChI=1S/C22H21N3O2S/c1-15-20(28-21(23-15)17-9-4-3-5-10-17)22(27)25-14-8-13-24(16(2)26)18-11-6-7-12-19(18)25/h3-7,9-12H,8,13-14H2,1-2H3. The van der Waals surface area contributed by atoms with Gasteiger partial charge in [0.05, 0.1) is 17.1 Å². The van der Waals surface area contributed by atoms with Gasteiger partial charge in [0, 0.05) is 25.6 Å². The predicted octanol–water partition coefficient (Wildman–Crippen LogP) is 4.52. The zero-order valence-electron chi connectivity index (χ0n) is 15.9. The molecule has 0 N–H and O–H groups in total. The smallest absolute Gasteiger partial charge is 0.270 e. The minimum Gasteiger partial charge on any atom is -0.311 e. The quantitative estimate of drug-likeness (QED) is 0.645. The predicted molar refractivity (Wildman–Crippen MR) is 113 cm³/mol. The molecule has 142 valence electrons. The van der Waals surface area contributed by atoms with Crippen LogP contribution in [0.2, 0.25) is 0 Å². The third-order valence-corrected chi connectivity index (χ3v) is 6.06. The van der Waals surface area contributed by atoms with Crippen LogP contribution in [0.4, 0.5) is 11.4 Å². The number of benzene rings is 2. The average Bonchev–Trinajstić information content (AvgIpc) is 2.99. The Morgan fingerprint density at radius 1 is 0.929 bits per heavy atom. The topological polar surface area (TPSA) is 53.5 Å². The van der Waals surface area contributed by atoms with E-state index in [4.69, 9.17) is 0 Å². The highest BCUT2D eigenvalue weighted by Gasteiger charge is 2.29. The van der Waals surface area contributed by atoms with Crippen molar-refractivity contribution in [3.8, 4) is 10.6 Å². The van der Waals surface area contributed by atoms with Crippen LogP contribution < -0.4 is 9.80 Å². The van der Waals surface area contributed by atoms with Gasteiger partial charge in [-0.15, -0.1) is 11.3 Å². The third-order valence-electron chi connectivity index (χ3n) is 4.86. The van der Waals surface area contributed by atoms with Gasteiger partial charge in [-0.25, -0.2) is 4.98 Å². The maximum atomic E-state index is 13.5. The maximum absolute atomic E-state index is 13.5. The van der Waals surface area contributed by atoms with E-state index in [-0.39, 0.29) is 11.8 Å². The summed E-state index contributed by atoms with van der Waals surface area (Å²) in [7, 11) is 0. The molecule has 0 radical (unpaired) electrons. The normalized spacial score (nSPS) is 13.8. The summed E-state index contributed by atoms with van der Waals surface area (Å²) in [6, 6.07) is 17.5. The lowest BCUT2D eigenvalue weighted by atomic mass is 10.2. The molecule has 0 saturated heterocycles. The van der Waals surface area contributed by atoms with Crippen molar-refractivity contribution in [2.45, 2.75) is 20.3 Å². The van der Waals surface area contributed by atoms with Crippen molar-refractivity contribution < 1.29 is 9.59 Å². The van der Waals surface area contributed by atoms with Crippen molar-refractivity contribution in [1.29, 1.82) is 0 Å². The van der Waals surface area contributed by atoms with Crippen LogP contribution in [-0.4, -0.2) is 29.9 Å². The van der Waals surface area contributed by atoms with Crippen LogP contribution >= 0.6 is 11.3 Å². The Labute approximate surface area is 168 Å². The SMILES string of the molecule is CC(=O)N1CCCN(C(=O)c2sc(-c3ccccc3)nc2C)c2ccccc21. The van der Waals surface area contributed by atoms with E-state index in [2.05, 4.69) is 4.98 Å². The van der Waals surface area contributed by atoms with Crippen molar-refractivity contribution in [2.24, 2.45) is 0 Å². The first kappa shape index (κ1) is 18.4. The van der Waals surface area contributed by atoms with Gasteiger partial charge >= 0.3 is 0 Å². The number of fused-ring (bicyclic) bond motifs is 1. The summed E-state index contributed by atoms with van der Waals surface area (Å²) in [6.07, 6.45) is 0.726. The Kier molecular flexibility index (Phi) is 4.96. The number of anilines is 2. The molecule has 1 aromatic heterocycles. The molecule has 28 heavy (non-hydrogen) atoms. The van der Waals surface area contributed by atoms with E-state index in [0.717, 1.165) is 34.1 Å². The molecule has 6 heteroatoms. The zero-order valence-corrected chi connectivity index (χ0v) is 16.7. The second-order valence-electron chi connectivity index (χ2n) is 6.77. The molecule has 2 aromatic carbocycles. The molecule has 1 aliphatic heterocycles. The van der Waals surface area contributed by atoms with E-state index in [1.807, 2.05) is 61.5 Å². The summed E-state index contributed by atoms with van der Waals surface area (Å²) < 4.78 is 0. The highest BCUT2D eigenvalue weighted by molar-refractivity contribution is 7.17. The van der Waals surface area contributed by atoms with Gasteiger partial charge in [0.2, 0.25) is 5.91 Å². The van der Waals surface area contributed by atoms with Crippen LogP contribution in [0.3, 0.4) is 0 Å². The van der Waals surface area contributed by atoms with Gasteiger partial charge < -0.3 is 9.80 Å². The lowest BCUT2D eigenvalue weighted by molar-refractivity contribution is -0.116. The molecule has 0 atom stereocenters. The van der Waals surface area contributed by atoms with E-state index in [9.17, 15) is 9.59 Å². The second kappa shape index (κ2) is 7.56. The van der Waals surface area contributed by atoms with Crippen molar-refractivity contribution in [3.63, 3.8) is 0 Å². The number of hydrogen-bond acceptors (Lipinski definition) is 4. The third kappa shape index (κ3) is 3.31. The summed E-state index contributed by atoms with van der Waals surface area (Å²) >= 11 is 1.42. The molecule has 3 aromatic rings. The molecule has 0 bridgehead atoms. The van der Waals surface area contributed by atoms with Crippen LogP contribution in [0.5, 0.6) is 0 Å². The Balaban J connectivity index is 1.73. The average molecular weight is 391 g/mol. The van der Waals surface area contributed by atoms with Crippen LogP contribution in [0.25, 0.3) is 10.6 Å². The summed E-state index contributed by atoms with van der Waals surface area (Å²) in [5.74, 6) is -0.0721. The van der Waals surface area contributed by atoms with E-state index < -0.39 is 0 Å². The Morgan fingerprint density at radius 2 is 1.54 bits per heavy atom. The Morgan fingerprint density at radius 3 is 2.21 bits per heavy atom. The number of nitrogens with zero attached hydrogens (tertiary/aromatic N) is 3. The number of aryl methyl sites for hydroxylation is 1. The fourth-order valence-corrected chi connectivity index (χ4v) is 4.53. The van der Waals surface area contributed by atoms with Gasteiger partial charge in [0.25, 0.3) is 5.91 Å². The highest BCUT2D eigenvalue weighted by Crippen LogP contribution is 2.35. The zero-order chi connectivity index (χ0) is 19.7. The minimum absolute atomic E-state index is 0.0120. The van der Waals surface area contributed by atoms with Gasteiger partial charge in [0.15, 0.2) is 0 Å². The number of amides is 2. The number of carbonyl (C=O) groups is 2. The highest BCUT2D eigenvalue weighted by atomic mass is 32.1. The van der Waals surface area contributed by atoms with Crippen molar-refractivity contribution in [1.82, 2.24) is 4.98 Å². The molecule has 1 aliphatic rings. The molecule has 0 aliphatic carbocycles. The van der Waals surface area contributed by atoms with E-state index in [1.165, 1.54) is 11.3 Å². The lowest BCUT2D eigenvalue weighted by Gasteiger charge is -2.24. The van der Waals surface area contributed by atoms with Gasteiger partial charge in [-0.2, -0.15) is 0 Å². The molecule has 2 heterocycles. The number of rotatable bonds is 2. The molecule has 2 amide bonds. The Bertz CT molecular complexity index is 1030. The molecular weight excluding hydrogens is 370 g/mol. The summed E-state index contributed by atoms with van der Waals surface area (Å²) in [5.41, 5.74) is 3.30.